The SMILES string of the molecule is CCC(C)c1cccc2c1OCCCC2NC. The summed E-state index contributed by atoms with van der Waals surface area (Å²) in [6.45, 7) is 5.35. The van der Waals surface area contributed by atoms with Gasteiger partial charge in [-0.25, -0.2) is 0 Å². The predicted molar refractivity (Wildman–Crippen MR) is 71.7 cm³/mol. The van der Waals surface area contributed by atoms with E-state index in [1.807, 2.05) is 7.05 Å². The monoisotopic (exact) mass is 233 g/mol. The Bertz CT molecular complexity index is 375. The number of fused-ring (bicyclic) bond motifs is 1. The molecule has 1 aliphatic rings. The molecule has 94 valence electrons. The van der Waals surface area contributed by atoms with Crippen molar-refractivity contribution in [2.75, 3.05) is 13.7 Å². The zero-order valence-electron chi connectivity index (χ0n) is 11.1. The fraction of sp³-hybridized carbons (Fsp3) is 0.600. The molecule has 1 aromatic carbocycles. The highest BCUT2D eigenvalue weighted by molar-refractivity contribution is 5.45. The number of hydrogen-bond donors (Lipinski definition) is 1. The zero-order valence-corrected chi connectivity index (χ0v) is 11.1. The predicted octanol–water partition coefficient (Wildman–Crippen LogP) is 3.63. The maximum Gasteiger partial charge on any atom is 0.127 e. The molecule has 1 N–H and O–H groups in total. The van der Waals surface area contributed by atoms with Crippen molar-refractivity contribution in [1.82, 2.24) is 5.32 Å². The Morgan fingerprint density at radius 1 is 1.47 bits per heavy atom. The maximum atomic E-state index is 5.99. The largest absolute Gasteiger partial charge is 0.493 e. The highest BCUT2D eigenvalue weighted by atomic mass is 16.5. The van der Waals surface area contributed by atoms with E-state index in [9.17, 15) is 0 Å². The molecular formula is C15H23NO. The molecule has 2 nitrogen and oxygen atoms in total. The van der Waals surface area contributed by atoms with Gasteiger partial charge in [0.05, 0.1) is 6.61 Å². The Kier molecular flexibility index (Phi) is 4.06. The van der Waals surface area contributed by atoms with Crippen LogP contribution in [0.15, 0.2) is 18.2 Å². The first-order valence-corrected chi connectivity index (χ1v) is 6.70. The Balaban J connectivity index is 2.44. The summed E-state index contributed by atoms with van der Waals surface area (Å²) in [5.41, 5.74) is 2.70. The van der Waals surface area contributed by atoms with Gasteiger partial charge in [-0.1, -0.05) is 32.0 Å². The number of rotatable bonds is 3. The van der Waals surface area contributed by atoms with E-state index >= 15 is 0 Å². The van der Waals surface area contributed by atoms with Crippen LogP contribution in [0.2, 0.25) is 0 Å². The van der Waals surface area contributed by atoms with Gasteiger partial charge < -0.3 is 10.1 Å². The van der Waals surface area contributed by atoms with Crippen molar-refractivity contribution in [2.45, 2.75) is 45.1 Å². The van der Waals surface area contributed by atoms with Crippen LogP contribution in [-0.2, 0) is 0 Å². The molecule has 1 aliphatic heterocycles. The third kappa shape index (κ3) is 2.47. The van der Waals surface area contributed by atoms with Gasteiger partial charge in [-0.2, -0.15) is 0 Å². The summed E-state index contributed by atoms with van der Waals surface area (Å²) in [6.07, 6.45) is 3.44. The van der Waals surface area contributed by atoms with E-state index < -0.39 is 0 Å². The maximum absolute atomic E-state index is 5.99. The Morgan fingerprint density at radius 3 is 3.00 bits per heavy atom. The molecule has 0 fully saturated rings. The number of benzene rings is 1. The number of para-hydroxylation sites is 1. The lowest BCUT2D eigenvalue weighted by molar-refractivity contribution is 0.311. The first kappa shape index (κ1) is 12.4. The van der Waals surface area contributed by atoms with Gasteiger partial charge >= 0.3 is 0 Å². The highest BCUT2D eigenvalue weighted by Crippen LogP contribution is 2.38. The lowest BCUT2D eigenvalue weighted by atomic mass is 9.92. The smallest absolute Gasteiger partial charge is 0.127 e. The lowest BCUT2D eigenvalue weighted by Gasteiger charge is -2.20. The second kappa shape index (κ2) is 5.54. The van der Waals surface area contributed by atoms with Gasteiger partial charge in [0.1, 0.15) is 5.75 Å². The van der Waals surface area contributed by atoms with E-state index in [1.54, 1.807) is 0 Å². The van der Waals surface area contributed by atoms with Crippen molar-refractivity contribution in [1.29, 1.82) is 0 Å². The molecule has 0 saturated carbocycles. The summed E-state index contributed by atoms with van der Waals surface area (Å²) < 4.78 is 5.99. The molecule has 2 rings (SSSR count). The third-order valence-electron chi connectivity index (χ3n) is 3.83. The molecular weight excluding hydrogens is 210 g/mol. The van der Waals surface area contributed by atoms with Gasteiger partial charge in [-0.15, -0.1) is 0 Å². The summed E-state index contributed by atoms with van der Waals surface area (Å²) in [6, 6.07) is 7.02. The molecule has 2 atom stereocenters. The molecule has 17 heavy (non-hydrogen) atoms. The molecule has 0 amide bonds. The number of hydrogen-bond acceptors (Lipinski definition) is 2. The molecule has 0 aliphatic carbocycles. The minimum Gasteiger partial charge on any atom is -0.493 e. The van der Waals surface area contributed by atoms with Crippen LogP contribution < -0.4 is 10.1 Å². The standard InChI is InChI=1S/C15H23NO/c1-4-11(2)12-7-5-8-13-14(16-3)9-6-10-17-15(12)13/h5,7-8,11,14,16H,4,6,9-10H2,1-3H3. The van der Waals surface area contributed by atoms with E-state index in [1.165, 1.54) is 11.1 Å². The summed E-state index contributed by atoms with van der Waals surface area (Å²) in [7, 11) is 2.04. The van der Waals surface area contributed by atoms with Crippen molar-refractivity contribution < 1.29 is 4.74 Å². The summed E-state index contributed by atoms with van der Waals surface area (Å²) in [5, 5.41) is 3.40. The van der Waals surface area contributed by atoms with Crippen LogP contribution in [0.25, 0.3) is 0 Å². The first-order chi connectivity index (χ1) is 8.27. The van der Waals surface area contributed by atoms with Crippen molar-refractivity contribution >= 4 is 0 Å². The topological polar surface area (TPSA) is 21.3 Å². The second-order valence-corrected chi connectivity index (χ2v) is 4.91. The molecule has 2 unspecified atom stereocenters. The second-order valence-electron chi connectivity index (χ2n) is 4.91. The van der Waals surface area contributed by atoms with E-state index in [0.717, 1.165) is 31.6 Å². The molecule has 1 aromatic rings. The van der Waals surface area contributed by atoms with Crippen LogP contribution in [-0.4, -0.2) is 13.7 Å². The average Bonchev–Trinajstić information content (AvgIpc) is 2.59. The molecule has 0 spiro atoms. The Morgan fingerprint density at radius 2 is 2.29 bits per heavy atom. The Labute approximate surface area is 104 Å². The minimum absolute atomic E-state index is 0.441. The molecule has 0 aromatic heterocycles. The molecule has 0 radical (unpaired) electrons. The Hall–Kier alpha value is -1.02. The molecule has 0 bridgehead atoms. The normalized spacial score (nSPS) is 21.2. The third-order valence-corrected chi connectivity index (χ3v) is 3.83. The zero-order chi connectivity index (χ0) is 12.3. The van der Waals surface area contributed by atoms with Gasteiger partial charge in [-0.05, 0) is 37.8 Å². The molecule has 1 heterocycles. The highest BCUT2D eigenvalue weighted by Gasteiger charge is 2.22. The fourth-order valence-corrected chi connectivity index (χ4v) is 2.54. The van der Waals surface area contributed by atoms with Crippen LogP contribution in [0.1, 0.15) is 56.2 Å². The van der Waals surface area contributed by atoms with Crippen LogP contribution in [0.5, 0.6) is 5.75 Å². The van der Waals surface area contributed by atoms with Crippen molar-refractivity contribution in [3.63, 3.8) is 0 Å². The van der Waals surface area contributed by atoms with Gasteiger partial charge in [0.25, 0.3) is 0 Å². The van der Waals surface area contributed by atoms with Gasteiger partial charge in [0.15, 0.2) is 0 Å². The first-order valence-electron chi connectivity index (χ1n) is 6.70. The number of ether oxygens (including phenoxy) is 1. The van der Waals surface area contributed by atoms with E-state index in [0.29, 0.717) is 12.0 Å². The minimum atomic E-state index is 0.441. The summed E-state index contributed by atoms with van der Waals surface area (Å²) in [4.78, 5) is 0. The average molecular weight is 233 g/mol. The van der Waals surface area contributed by atoms with Crippen LogP contribution >= 0.6 is 0 Å². The van der Waals surface area contributed by atoms with E-state index in [4.69, 9.17) is 4.74 Å². The quantitative estimate of drug-likeness (QED) is 0.860. The van der Waals surface area contributed by atoms with Gasteiger partial charge in [0, 0.05) is 11.6 Å². The molecule has 2 heteroatoms. The lowest BCUT2D eigenvalue weighted by Crippen LogP contribution is -2.16. The van der Waals surface area contributed by atoms with Crippen molar-refractivity contribution in [2.24, 2.45) is 0 Å². The summed E-state index contributed by atoms with van der Waals surface area (Å²) in [5.74, 6) is 1.71. The van der Waals surface area contributed by atoms with E-state index in [-0.39, 0.29) is 0 Å². The van der Waals surface area contributed by atoms with Gasteiger partial charge in [0.2, 0.25) is 0 Å². The van der Waals surface area contributed by atoms with Crippen molar-refractivity contribution in [3.05, 3.63) is 29.3 Å². The van der Waals surface area contributed by atoms with Gasteiger partial charge in [-0.3, -0.25) is 0 Å². The van der Waals surface area contributed by atoms with Crippen LogP contribution in [0.4, 0.5) is 0 Å². The van der Waals surface area contributed by atoms with Crippen molar-refractivity contribution in [3.8, 4) is 5.75 Å². The van der Waals surface area contributed by atoms with E-state index in [2.05, 4.69) is 37.4 Å². The van der Waals surface area contributed by atoms with Crippen LogP contribution in [0.3, 0.4) is 0 Å². The number of nitrogens with one attached hydrogen (secondary N) is 1. The molecule has 0 saturated heterocycles. The van der Waals surface area contributed by atoms with Crippen LogP contribution in [0, 0.1) is 0 Å². The fourth-order valence-electron chi connectivity index (χ4n) is 2.54. The summed E-state index contributed by atoms with van der Waals surface area (Å²) >= 11 is 0.